The summed E-state index contributed by atoms with van der Waals surface area (Å²) >= 11 is 5.94. The Kier molecular flexibility index (Phi) is 6.46. The van der Waals surface area contributed by atoms with E-state index in [1.807, 2.05) is 18.2 Å². The molecule has 1 aromatic carbocycles. The van der Waals surface area contributed by atoms with Gasteiger partial charge in [0, 0.05) is 24.2 Å². The molecule has 1 aromatic rings. The first-order chi connectivity index (χ1) is 7.74. The highest BCUT2D eigenvalue weighted by atomic mass is 35.5. The highest BCUT2D eigenvalue weighted by Gasteiger charge is 2.04. The fourth-order valence-corrected chi connectivity index (χ4v) is 1.69. The van der Waals surface area contributed by atoms with Crippen molar-refractivity contribution in [3.63, 3.8) is 0 Å². The SMILES string of the molecule is CCCOCCNC(C)c1cccc(Cl)c1. The second-order valence-electron chi connectivity index (χ2n) is 3.84. The van der Waals surface area contributed by atoms with E-state index in [1.165, 1.54) is 5.56 Å². The van der Waals surface area contributed by atoms with Gasteiger partial charge in [0.2, 0.25) is 0 Å². The molecular formula is C13H20ClNO. The predicted molar refractivity (Wildman–Crippen MR) is 69.0 cm³/mol. The smallest absolute Gasteiger partial charge is 0.0591 e. The fraction of sp³-hybridized carbons (Fsp3) is 0.538. The topological polar surface area (TPSA) is 21.3 Å². The van der Waals surface area contributed by atoms with Gasteiger partial charge in [-0.25, -0.2) is 0 Å². The first-order valence-corrected chi connectivity index (χ1v) is 6.18. The lowest BCUT2D eigenvalue weighted by atomic mass is 10.1. The molecule has 2 nitrogen and oxygen atoms in total. The molecule has 0 aliphatic rings. The minimum Gasteiger partial charge on any atom is -0.380 e. The minimum absolute atomic E-state index is 0.309. The molecule has 0 aliphatic heterocycles. The van der Waals surface area contributed by atoms with Crippen LogP contribution < -0.4 is 5.32 Å². The maximum atomic E-state index is 5.94. The van der Waals surface area contributed by atoms with Crippen LogP contribution in [0.5, 0.6) is 0 Å². The number of hydrogen-bond donors (Lipinski definition) is 1. The maximum Gasteiger partial charge on any atom is 0.0591 e. The van der Waals surface area contributed by atoms with E-state index in [9.17, 15) is 0 Å². The molecule has 0 fully saturated rings. The van der Waals surface area contributed by atoms with Crippen molar-refractivity contribution in [3.8, 4) is 0 Å². The zero-order valence-electron chi connectivity index (χ0n) is 10.0. The van der Waals surface area contributed by atoms with E-state index in [-0.39, 0.29) is 0 Å². The van der Waals surface area contributed by atoms with Gasteiger partial charge >= 0.3 is 0 Å². The minimum atomic E-state index is 0.309. The summed E-state index contributed by atoms with van der Waals surface area (Å²) in [5.74, 6) is 0. The van der Waals surface area contributed by atoms with Gasteiger partial charge in [-0.15, -0.1) is 0 Å². The van der Waals surface area contributed by atoms with Crippen molar-refractivity contribution in [1.29, 1.82) is 0 Å². The van der Waals surface area contributed by atoms with E-state index in [2.05, 4.69) is 25.2 Å². The number of nitrogens with one attached hydrogen (secondary N) is 1. The fourth-order valence-electron chi connectivity index (χ4n) is 1.49. The van der Waals surface area contributed by atoms with Crippen LogP contribution in [-0.2, 0) is 4.74 Å². The predicted octanol–water partition coefficient (Wildman–Crippen LogP) is 3.42. The second kappa shape index (κ2) is 7.66. The van der Waals surface area contributed by atoms with Crippen molar-refractivity contribution in [2.45, 2.75) is 26.3 Å². The largest absolute Gasteiger partial charge is 0.380 e. The summed E-state index contributed by atoms with van der Waals surface area (Å²) < 4.78 is 5.40. The van der Waals surface area contributed by atoms with Crippen LogP contribution in [0.2, 0.25) is 5.02 Å². The summed E-state index contributed by atoms with van der Waals surface area (Å²) in [4.78, 5) is 0. The molecule has 3 heteroatoms. The summed E-state index contributed by atoms with van der Waals surface area (Å²) in [7, 11) is 0. The zero-order valence-corrected chi connectivity index (χ0v) is 10.8. The van der Waals surface area contributed by atoms with Gasteiger partial charge in [0.05, 0.1) is 6.61 Å². The molecule has 0 aromatic heterocycles. The molecule has 0 aliphatic carbocycles. The van der Waals surface area contributed by atoms with Crippen LogP contribution in [0.3, 0.4) is 0 Å². The second-order valence-corrected chi connectivity index (χ2v) is 4.28. The number of benzene rings is 1. The van der Waals surface area contributed by atoms with Crippen molar-refractivity contribution in [2.24, 2.45) is 0 Å². The Bertz CT molecular complexity index is 304. The molecule has 0 saturated heterocycles. The van der Waals surface area contributed by atoms with Gasteiger partial charge in [0.15, 0.2) is 0 Å². The van der Waals surface area contributed by atoms with Gasteiger partial charge < -0.3 is 10.1 Å². The normalized spacial score (nSPS) is 12.7. The standard InChI is InChI=1S/C13H20ClNO/c1-3-8-16-9-7-15-11(2)12-5-4-6-13(14)10-12/h4-6,10-11,15H,3,7-9H2,1-2H3. The highest BCUT2D eigenvalue weighted by molar-refractivity contribution is 6.30. The summed E-state index contributed by atoms with van der Waals surface area (Å²) in [6.45, 7) is 6.72. The Labute approximate surface area is 103 Å². The first kappa shape index (κ1) is 13.5. The van der Waals surface area contributed by atoms with E-state index in [1.54, 1.807) is 0 Å². The monoisotopic (exact) mass is 241 g/mol. The lowest BCUT2D eigenvalue weighted by Crippen LogP contribution is -2.23. The first-order valence-electron chi connectivity index (χ1n) is 5.80. The Morgan fingerprint density at radius 1 is 1.38 bits per heavy atom. The van der Waals surface area contributed by atoms with Crippen molar-refractivity contribution in [3.05, 3.63) is 34.9 Å². The molecule has 0 radical (unpaired) electrons. The third-order valence-electron chi connectivity index (χ3n) is 2.39. The van der Waals surface area contributed by atoms with E-state index in [4.69, 9.17) is 16.3 Å². The lowest BCUT2D eigenvalue weighted by molar-refractivity contribution is 0.135. The summed E-state index contributed by atoms with van der Waals surface area (Å²) in [6, 6.07) is 8.25. The van der Waals surface area contributed by atoms with Crippen LogP contribution in [-0.4, -0.2) is 19.8 Å². The summed E-state index contributed by atoms with van der Waals surface area (Å²) in [5, 5.41) is 4.19. The van der Waals surface area contributed by atoms with Crippen LogP contribution in [0.25, 0.3) is 0 Å². The zero-order chi connectivity index (χ0) is 11.8. The van der Waals surface area contributed by atoms with E-state index < -0.39 is 0 Å². The molecule has 0 amide bonds. The van der Waals surface area contributed by atoms with Gasteiger partial charge in [-0.2, -0.15) is 0 Å². The van der Waals surface area contributed by atoms with Crippen molar-refractivity contribution >= 4 is 11.6 Å². The third-order valence-corrected chi connectivity index (χ3v) is 2.63. The number of rotatable bonds is 7. The molecule has 1 unspecified atom stereocenters. The van der Waals surface area contributed by atoms with Crippen molar-refractivity contribution in [1.82, 2.24) is 5.32 Å². The van der Waals surface area contributed by atoms with Crippen LogP contribution in [0, 0.1) is 0 Å². The maximum absolute atomic E-state index is 5.94. The average molecular weight is 242 g/mol. The molecule has 0 saturated carbocycles. The lowest BCUT2D eigenvalue weighted by Gasteiger charge is -2.14. The molecule has 0 spiro atoms. The van der Waals surface area contributed by atoms with Gasteiger partial charge in [-0.1, -0.05) is 30.7 Å². The number of ether oxygens (including phenoxy) is 1. The Morgan fingerprint density at radius 3 is 2.88 bits per heavy atom. The quantitative estimate of drug-likeness (QED) is 0.739. The van der Waals surface area contributed by atoms with Crippen LogP contribution in [0.4, 0.5) is 0 Å². The molecule has 1 rings (SSSR count). The molecule has 1 N–H and O–H groups in total. The van der Waals surface area contributed by atoms with Gasteiger partial charge in [-0.05, 0) is 31.0 Å². The Morgan fingerprint density at radius 2 is 2.19 bits per heavy atom. The van der Waals surface area contributed by atoms with Crippen LogP contribution in [0.1, 0.15) is 31.9 Å². The molecular weight excluding hydrogens is 222 g/mol. The highest BCUT2D eigenvalue weighted by Crippen LogP contribution is 2.16. The van der Waals surface area contributed by atoms with Crippen LogP contribution in [0.15, 0.2) is 24.3 Å². The molecule has 90 valence electrons. The molecule has 1 atom stereocenters. The van der Waals surface area contributed by atoms with E-state index >= 15 is 0 Å². The van der Waals surface area contributed by atoms with Gasteiger partial charge in [0.25, 0.3) is 0 Å². The van der Waals surface area contributed by atoms with E-state index in [0.717, 1.165) is 31.2 Å². The molecule has 0 heterocycles. The number of hydrogen-bond acceptors (Lipinski definition) is 2. The molecule has 0 bridgehead atoms. The third kappa shape index (κ3) is 4.97. The van der Waals surface area contributed by atoms with Crippen molar-refractivity contribution in [2.75, 3.05) is 19.8 Å². The van der Waals surface area contributed by atoms with E-state index in [0.29, 0.717) is 6.04 Å². The summed E-state index contributed by atoms with van der Waals surface area (Å²) in [5.41, 5.74) is 1.21. The van der Waals surface area contributed by atoms with Gasteiger partial charge in [0.1, 0.15) is 0 Å². The van der Waals surface area contributed by atoms with Crippen LogP contribution >= 0.6 is 11.6 Å². The number of halogens is 1. The summed E-state index contributed by atoms with van der Waals surface area (Å²) in [6.07, 6.45) is 1.07. The molecule has 16 heavy (non-hydrogen) atoms. The Balaban J connectivity index is 2.27. The van der Waals surface area contributed by atoms with Gasteiger partial charge in [-0.3, -0.25) is 0 Å². The van der Waals surface area contributed by atoms with Crippen molar-refractivity contribution < 1.29 is 4.74 Å². The average Bonchev–Trinajstić information content (AvgIpc) is 2.28. The Hall–Kier alpha value is -0.570.